The van der Waals surface area contributed by atoms with Gasteiger partial charge in [0.2, 0.25) is 0 Å². The molecule has 2 atom stereocenters. The molecule has 0 spiro atoms. The Bertz CT molecular complexity index is 1090. The van der Waals surface area contributed by atoms with Gasteiger partial charge >= 0.3 is 0 Å². The number of nitrogens with zero attached hydrogens (tertiary/aromatic N) is 1. The predicted octanol–water partition coefficient (Wildman–Crippen LogP) is 4.30. The van der Waals surface area contributed by atoms with E-state index in [1.54, 1.807) is 14.2 Å². The van der Waals surface area contributed by atoms with Gasteiger partial charge in [-0.2, -0.15) is 0 Å². The van der Waals surface area contributed by atoms with Crippen molar-refractivity contribution in [2.75, 3.05) is 91.5 Å². The highest BCUT2D eigenvalue weighted by molar-refractivity contribution is 5.61. The Morgan fingerprint density at radius 2 is 1.74 bits per heavy atom. The number of ether oxygens (including phenoxy) is 7. The standard InChI is InChI=1S/C34H50N2O7/c1-37-16-3-14-36-15-19-41-32-9-6-29(22-31(32)36)25-42-33-23-35-13-12-34(33,43-26-28-10-17-39-18-11-28)30-7-4-27(5-8-30)24-40-21-20-38-2/h4-9,22,28,33,35H,3,10-21,23-26H2,1-2H3/t33-,34-/m0/s1. The Hall–Kier alpha value is -2.24. The molecule has 5 rings (SSSR count). The van der Waals surface area contributed by atoms with E-state index < -0.39 is 5.60 Å². The van der Waals surface area contributed by atoms with E-state index >= 15 is 0 Å². The van der Waals surface area contributed by atoms with Crippen molar-refractivity contribution in [1.29, 1.82) is 0 Å². The second-order valence-corrected chi connectivity index (χ2v) is 11.7. The summed E-state index contributed by atoms with van der Waals surface area (Å²) in [4.78, 5) is 2.39. The number of anilines is 1. The van der Waals surface area contributed by atoms with E-state index in [0.717, 1.165) is 99.8 Å². The quantitative estimate of drug-likeness (QED) is 0.285. The maximum atomic E-state index is 7.00. The highest BCUT2D eigenvalue weighted by Gasteiger charge is 2.45. The van der Waals surface area contributed by atoms with E-state index in [1.165, 1.54) is 0 Å². The molecule has 238 valence electrons. The molecular weight excluding hydrogens is 548 g/mol. The minimum Gasteiger partial charge on any atom is -0.490 e. The first-order valence-electron chi connectivity index (χ1n) is 15.9. The fourth-order valence-electron chi connectivity index (χ4n) is 6.24. The van der Waals surface area contributed by atoms with E-state index in [1.807, 2.05) is 0 Å². The summed E-state index contributed by atoms with van der Waals surface area (Å²) in [5.41, 5.74) is 4.03. The van der Waals surface area contributed by atoms with Crippen molar-refractivity contribution in [2.24, 2.45) is 5.92 Å². The molecule has 3 heterocycles. The summed E-state index contributed by atoms with van der Waals surface area (Å²) >= 11 is 0. The van der Waals surface area contributed by atoms with Crippen molar-refractivity contribution in [3.05, 3.63) is 59.2 Å². The Morgan fingerprint density at radius 1 is 0.930 bits per heavy atom. The van der Waals surface area contributed by atoms with Crippen molar-refractivity contribution >= 4 is 5.69 Å². The molecule has 3 aliphatic rings. The molecule has 2 saturated heterocycles. The number of methoxy groups -OCH3 is 2. The summed E-state index contributed by atoms with van der Waals surface area (Å²) in [5, 5.41) is 3.57. The second-order valence-electron chi connectivity index (χ2n) is 11.7. The van der Waals surface area contributed by atoms with Gasteiger partial charge in [-0.3, -0.25) is 0 Å². The summed E-state index contributed by atoms with van der Waals surface area (Å²) < 4.78 is 41.5. The molecule has 2 fully saturated rings. The summed E-state index contributed by atoms with van der Waals surface area (Å²) in [6.07, 6.45) is 3.76. The first kappa shape index (κ1) is 32.2. The van der Waals surface area contributed by atoms with Gasteiger partial charge in [0.1, 0.15) is 24.1 Å². The molecule has 2 aromatic rings. The van der Waals surface area contributed by atoms with Crippen LogP contribution in [-0.2, 0) is 47.2 Å². The van der Waals surface area contributed by atoms with Gasteiger partial charge in [0.05, 0.1) is 45.3 Å². The number of hydrogen-bond acceptors (Lipinski definition) is 9. The summed E-state index contributed by atoms with van der Waals surface area (Å²) in [6, 6.07) is 15.1. The van der Waals surface area contributed by atoms with E-state index in [0.29, 0.717) is 45.6 Å². The van der Waals surface area contributed by atoms with Crippen LogP contribution in [0.15, 0.2) is 42.5 Å². The maximum absolute atomic E-state index is 7.00. The normalized spacial score (nSPS) is 22.7. The molecule has 3 aliphatic heterocycles. The first-order chi connectivity index (χ1) is 21.2. The number of fused-ring (bicyclic) bond motifs is 1. The van der Waals surface area contributed by atoms with Gasteiger partial charge in [0, 0.05) is 47.1 Å². The Balaban J connectivity index is 1.32. The lowest BCUT2D eigenvalue weighted by atomic mass is 9.81. The van der Waals surface area contributed by atoms with Gasteiger partial charge in [-0.15, -0.1) is 0 Å². The topological polar surface area (TPSA) is 79.9 Å². The van der Waals surface area contributed by atoms with E-state index in [-0.39, 0.29) is 6.10 Å². The molecule has 0 aliphatic carbocycles. The Kier molecular flexibility index (Phi) is 12.5. The maximum Gasteiger partial charge on any atom is 0.142 e. The molecule has 0 aromatic heterocycles. The van der Waals surface area contributed by atoms with Crippen molar-refractivity contribution in [1.82, 2.24) is 5.32 Å². The van der Waals surface area contributed by atoms with Gasteiger partial charge in [-0.25, -0.2) is 0 Å². The summed E-state index contributed by atoms with van der Waals surface area (Å²) in [6.45, 7) is 9.44. The largest absolute Gasteiger partial charge is 0.490 e. The minimum atomic E-state index is -0.539. The lowest BCUT2D eigenvalue weighted by molar-refractivity contribution is -0.179. The number of piperidine rings is 1. The smallest absolute Gasteiger partial charge is 0.142 e. The predicted molar refractivity (Wildman–Crippen MR) is 166 cm³/mol. The van der Waals surface area contributed by atoms with Crippen molar-refractivity contribution in [2.45, 2.75) is 50.6 Å². The van der Waals surface area contributed by atoms with Crippen LogP contribution in [0.1, 0.15) is 42.4 Å². The average molecular weight is 599 g/mol. The van der Waals surface area contributed by atoms with Gasteiger partial charge in [0.25, 0.3) is 0 Å². The average Bonchev–Trinajstić information content (AvgIpc) is 3.06. The number of rotatable bonds is 16. The lowest BCUT2D eigenvalue weighted by Crippen LogP contribution is -2.55. The van der Waals surface area contributed by atoms with Crippen LogP contribution >= 0.6 is 0 Å². The summed E-state index contributed by atoms with van der Waals surface area (Å²) in [5.74, 6) is 1.44. The van der Waals surface area contributed by atoms with Gasteiger partial charge in [-0.1, -0.05) is 30.3 Å². The summed E-state index contributed by atoms with van der Waals surface area (Å²) in [7, 11) is 3.44. The molecule has 43 heavy (non-hydrogen) atoms. The van der Waals surface area contributed by atoms with Gasteiger partial charge in [-0.05, 0) is 67.0 Å². The molecular formula is C34H50N2O7. The minimum absolute atomic E-state index is 0.144. The number of nitrogens with one attached hydrogen (secondary N) is 1. The second kappa shape index (κ2) is 16.7. The van der Waals surface area contributed by atoms with Crippen molar-refractivity contribution < 1.29 is 33.2 Å². The zero-order valence-electron chi connectivity index (χ0n) is 26.0. The number of benzene rings is 2. The molecule has 0 saturated carbocycles. The zero-order chi connectivity index (χ0) is 29.7. The van der Waals surface area contributed by atoms with Crippen LogP contribution in [0.4, 0.5) is 5.69 Å². The van der Waals surface area contributed by atoms with Gasteiger partial charge in [0.15, 0.2) is 0 Å². The highest BCUT2D eigenvalue weighted by atomic mass is 16.6. The fraction of sp³-hybridized carbons (Fsp3) is 0.647. The number of hydrogen-bond donors (Lipinski definition) is 1. The fourth-order valence-corrected chi connectivity index (χ4v) is 6.24. The monoisotopic (exact) mass is 598 g/mol. The molecule has 9 heteroatoms. The zero-order valence-corrected chi connectivity index (χ0v) is 26.0. The third kappa shape index (κ3) is 8.69. The highest BCUT2D eigenvalue weighted by Crippen LogP contribution is 2.39. The van der Waals surface area contributed by atoms with Crippen LogP contribution in [0.2, 0.25) is 0 Å². The SMILES string of the molecule is COCCCN1CCOc2ccc(CO[C@H]3CNCC[C@]3(OCC3CCOCC3)c3ccc(COCCOC)cc3)cc21. The first-order valence-corrected chi connectivity index (χ1v) is 15.9. The Labute approximate surface area is 257 Å². The van der Waals surface area contributed by atoms with E-state index in [2.05, 4.69) is 52.7 Å². The molecule has 1 N–H and O–H groups in total. The van der Waals surface area contributed by atoms with E-state index in [9.17, 15) is 0 Å². The molecule has 0 amide bonds. The molecule has 0 radical (unpaired) electrons. The van der Waals surface area contributed by atoms with Gasteiger partial charge < -0.3 is 43.4 Å². The molecule has 0 bridgehead atoms. The molecule has 9 nitrogen and oxygen atoms in total. The van der Waals surface area contributed by atoms with E-state index in [4.69, 9.17) is 33.2 Å². The van der Waals surface area contributed by atoms with Crippen molar-refractivity contribution in [3.63, 3.8) is 0 Å². The molecule has 0 unspecified atom stereocenters. The van der Waals surface area contributed by atoms with Crippen LogP contribution in [0.25, 0.3) is 0 Å². The van der Waals surface area contributed by atoms with Crippen molar-refractivity contribution in [3.8, 4) is 5.75 Å². The lowest BCUT2D eigenvalue weighted by Gasteiger charge is -2.45. The Morgan fingerprint density at radius 3 is 2.56 bits per heavy atom. The van der Waals surface area contributed by atoms with Crippen LogP contribution in [0.3, 0.4) is 0 Å². The molecule has 2 aromatic carbocycles. The van der Waals surface area contributed by atoms with Crippen LogP contribution in [0.5, 0.6) is 5.75 Å². The van der Waals surface area contributed by atoms with Crippen LogP contribution in [-0.4, -0.2) is 92.8 Å². The van der Waals surface area contributed by atoms with Crippen LogP contribution in [0, 0.1) is 5.92 Å². The van der Waals surface area contributed by atoms with Crippen LogP contribution < -0.4 is 15.0 Å². The third-order valence-electron chi connectivity index (χ3n) is 8.79. The third-order valence-corrected chi connectivity index (χ3v) is 8.79.